The SMILES string of the molecule is Clc1ccc(CNc2nc(NCc3cccc(Br)c3)nc(N3CCNCC3)n2)cc1. The lowest BCUT2D eigenvalue weighted by atomic mass is 10.2. The molecule has 7 nitrogen and oxygen atoms in total. The molecule has 0 amide bonds. The highest BCUT2D eigenvalue weighted by Crippen LogP contribution is 2.17. The molecule has 0 spiro atoms. The summed E-state index contributed by atoms with van der Waals surface area (Å²) in [5.74, 6) is 1.78. The van der Waals surface area contributed by atoms with E-state index in [1.807, 2.05) is 36.4 Å². The Bertz CT molecular complexity index is 977. The van der Waals surface area contributed by atoms with Crippen molar-refractivity contribution in [1.29, 1.82) is 0 Å². The molecule has 0 aliphatic carbocycles. The maximum Gasteiger partial charge on any atom is 0.232 e. The van der Waals surface area contributed by atoms with E-state index in [9.17, 15) is 0 Å². The second-order valence-electron chi connectivity index (χ2n) is 6.98. The van der Waals surface area contributed by atoms with Gasteiger partial charge in [-0.05, 0) is 35.4 Å². The first-order valence-electron chi connectivity index (χ1n) is 9.84. The molecule has 156 valence electrons. The number of halogens is 2. The third-order valence-electron chi connectivity index (χ3n) is 4.73. The van der Waals surface area contributed by atoms with Crippen LogP contribution in [0.3, 0.4) is 0 Å². The van der Waals surface area contributed by atoms with Crippen molar-refractivity contribution in [2.45, 2.75) is 13.1 Å². The fourth-order valence-electron chi connectivity index (χ4n) is 3.14. The molecule has 0 bridgehead atoms. The molecule has 1 saturated heterocycles. The summed E-state index contributed by atoms with van der Waals surface area (Å²) < 4.78 is 1.05. The lowest BCUT2D eigenvalue weighted by Gasteiger charge is -2.27. The number of nitrogens with zero attached hydrogens (tertiary/aromatic N) is 4. The summed E-state index contributed by atoms with van der Waals surface area (Å²) in [6, 6.07) is 15.9. The summed E-state index contributed by atoms with van der Waals surface area (Å²) >= 11 is 9.49. The van der Waals surface area contributed by atoms with Crippen LogP contribution in [0, 0.1) is 0 Å². The molecule has 0 radical (unpaired) electrons. The lowest BCUT2D eigenvalue weighted by molar-refractivity contribution is 0.579. The van der Waals surface area contributed by atoms with Crippen LogP contribution in [0.5, 0.6) is 0 Å². The van der Waals surface area contributed by atoms with E-state index in [1.54, 1.807) is 0 Å². The quantitative estimate of drug-likeness (QED) is 0.465. The summed E-state index contributed by atoms with van der Waals surface area (Å²) in [5, 5.41) is 10.7. The summed E-state index contributed by atoms with van der Waals surface area (Å²) in [5.41, 5.74) is 2.25. The summed E-state index contributed by atoms with van der Waals surface area (Å²) in [4.78, 5) is 16.1. The zero-order chi connectivity index (χ0) is 20.8. The van der Waals surface area contributed by atoms with E-state index in [1.165, 1.54) is 0 Å². The van der Waals surface area contributed by atoms with Crippen molar-refractivity contribution in [1.82, 2.24) is 20.3 Å². The number of rotatable bonds is 7. The Labute approximate surface area is 189 Å². The van der Waals surface area contributed by atoms with Crippen molar-refractivity contribution in [2.75, 3.05) is 41.7 Å². The Hall–Kier alpha value is -2.42. The molecule has 3 N–H and O–H groups in total. The first kappa shape index (κ1) is 20.8. The van der Waals surface area contributed by atoms with E-state index in [0.29, 0.717) is 30.9 Å². The molecule has 1 aromatic heterocycles. The molecule has 30 heavy (non-hydrogen) atoms. The fraction of sp³-hybridized carbons (Fsp3) is 0.286. The minimum atomic E-state index is 0.547. The van der Waals surface area contributed by atoms with Crippen molar-refractivity contribution in [3.05, 3.63) is 69.2 Å². The van der Waals surface area contributed by atoms with Crippen molar-refractivity contribution < 1.29 is 0 Å². The lowest BCUT2D eigenvalue weighted by Crippen LogP contribution is -2.44. The van der Waals surface area contributed by atoms with Crippen LogP contribution in [0.4, 0.5) is 17.8 Å². The Morgan fingerprint density at radius 2 is 1.57 bits per heavy atom. The molecule has 1 fully saturated rings. The first-order chi connectivity index (χ1) is 14.7. The number of piperazine rings is 1. The number of hydrogen-bond donors (Lipinski definition) is 3. The normalized spacial score (nSPS) is 13.9. The van der Waals surface area contributed by atoms with E-state index in [4.69, 9.17) is 11.6 Å². The summed E-state index contributed by atoms with van der Waals surface area (Å²) in [6.45, 7) is 4.80. The third kappa shape index (κ3) is 5.81. The van der Waals surface area contributed by atoms with Gasteiger partial charge in [-0.15, -0.1) is 0 Å². The number of anilines is 3. The molecular formula is C21H23BrClN7. The van der Waals surface area contributed by atoms with Gasteiger partial charge in [0.15, 0.2) is 0 Å². The number of benzene rings is 2. The van der Waals surface area contributed by atoms with E-state index in [-0.39, 0.29) is 0 Å². The monoisotopic (exact) mass is 487 g/mol. The smallest absolute Gasteiger partial charge is 0.232 e. The molecule has 0 atom stereocenters. The van der Waals surface area contributed by atoms with Crippen LogP contribution in [-0.4, -0.2) is 41.1 Å². The minimum absolute atomic E-state index is 0.547. The molecular weight excluding hydrogens is 466 g/mol. The highest BCUT2D eigenvalue weighted by molar-refractivity contribution is 9.10. The van der Waals surface area contributed by atoms with Gasteiger partial charge in [0.05, 0.1) is 0 Å². The van der Waals surface area contributed by atoms with Crippen molar-refractivity contribution >= 4 is 45.4 Å². The standard InChI is InChI=1S/C21H23BrClN7/c22-17-3-1-2-16(12-17)14-26-20-27-19(25-13-15-4-6-18(23)7-5-15)28-21(29-20)30-10-8-24-9-11-30/h1-7,12,24H,8-11,13-14H2,(H2,25,26,27,28,29). The predicted molar refractivity (Wildman–Crippen MR) is 125 cm³/mol. The Kier molecular flexibility index (Phi) is 6.99. The molecule has 2 aromatic carbocycles. The van der Waals surface area contributed by atoms with E-state index < -0.39 is 0 Å². The summed E-state index contributed by atoms with van der Waals surface area (Å²) in [6.07, 6.45) is 0. The van der Waals surface area contributed by atoms with E-state index in [0.717, 1.165) is 46.8 Å². The van der Waals surface area contributed by atoms with Gasteiger partial charge in [0.25, 0.3) is 0 Å². The largest absolute Gasteiger partial charge is 0.350 e. The Balaban J connectivity index is 1.51. The molecule has 4 rings (SSSR count). The third-order valence-corrected chi connectivity index (χ3v) is 5.47. The average Bonchev–Trinajstić information content (AvgIpc) is 2.78. The van der Waals surface area contributed by atoms with Crippen LogP contribution < -0.4 is 20.9 Å². The van der Waals surface area contributed by atoms with Gasteiger partial charge >= 0.3 is 0 Å². The number of aromatic nitrogens is 3. The molecule has 3 aromatic rings. The molecule has 0 unspecified atom stereocenters. The van der Waals surface area contributed by atoms with Crippen LogP contribution in [0.2, 0.25) is 5.02 Å². The van der Waals surface area contributed by atoms with Crippen LogP contribution in [-0.2, 0) is 13.1 Å². The highest BCUT2D eigenvalue weighted by atomic mass is 79.9. The van der Waals surface area contributed by atoms with Crippen LogP contribution in [0.1, 0.15) is 11.1 Å². The van der Waals surface area contributed by atoms with Gasteiger partial charge in [0, 0.05) is 48.8 Å². The zero-order valence-electron chi connectivity index (χ0n) is 16.4. The fourth-order valence-corrected chi connectivity index (χ4v) is 3.71. The van der Waals surface area contributed by atoms with Crippen molar-refractivity contribution in [3.8, 4) is 0 Å². The first-order valence-corrected chi connectivity index (χ1v) is 11.0. The highest BCUT2D eigenvalue weighted by Gasteiger charge is 2.16. The Morgan fingerprint density at radius 3 is 2.23 bits per heavy atom. The molecule has 1 aliphatic rings. The van der Waals surface area contributed by atoms with Gasteiger partial charge in [-0.3, -0.25) is 0 Å². The van der Waals surface area contributed by atoms with Gasteiger partial charge in [0.2, 0.25) is 17.8 Å². The van der Waals surface area contributed by atoms with Crippen LogP contribution in [0.25, 0.3) is 0 Å². The zero-order valence-corrected chi connectivity index (χ0v) is 18.7. The Morgan fingerprint density at radius 1 is 0.900 bits per heavy atom. The maximum atomic E-state index is 5.98. The van der Waals surface area contributed by atoms with Crippen LogP contribution in [0.15, 0.2) is 53.0 Å². The van der Waals surface area contributed by atoms with Gasteiger partial charge in [-0.1, -0.05) is 51.8 Å². The number of nitrogens with one attached hydrogen (secondary N) is 3. The van der Waals surface area contributed by atoms with Crippen LogP contribution >= 0.6 is 27.5 Å². The van der Waals surface area contributed by atoms with E-state index >= 15 is 0 Å². The van der Waals surface area contributed by atoms with E-state index in [2.05, 4.69) is 63.9 Å². The minimum Gasteiger partial charge on any atom is -0.350 e. The van der Waals surface area contributed by atoms with Gasteiger partial charge < -0.3 is 20.9 Å². The maximum absolute atomic E-state index is 5.98. The second kappa shape index (κ2) is 10.1. The predicted octanol–water partition coefficient (Wildman–Crippen LogP) is 3.92. The van der Waals surface area contributed by atoms with Gasteiger partial charge in [-0.2, -0.15) is 15.0 Å². The van der Waals surface area contributed by atoms with Crippen molar-refractivity contribution in [3.63, 3.8) is 0 Å². The average molecular weight is 489 g/mol. The molecule has 2 heterocycles. The summed E-state index contributed by atoms with van der Waals surface area (Å²) in [7, 11) is 0. The number of hydrogen-bond acceptors (Lipinski definition) is 7. The van der Waals surface area contributed by atoms with Gasteiger partial charge in [-0.25, -0.2) is 0 Å². The topological polar surface area (TPSA) is 78.0 Å². The van der Waals surface area contributed by atoms with Gasteiger partial charge in [0.1, 0.15) is 0 Å². The molecule has 0 saturated carbocycles. The molecule has 9 heteroatoms. The van der Waals surface area contributed by atoms with Crippen molar-refractivity contribution in [2.24, 2.45) is 0 Å². The second-order valence-corrected chi connectivity index (χ2v) is 8.34. The molecule has 1 aliphatic heterocycles.